The zero-order chi connectivity index (χ0) is 12.9. The summed E-state index contributed by atoms with van der Waals surface area (Å²) in [5, 5.41) is 0. The molecular weight excluding hydrogens is 218 g/mol. The molecule has 1 saturated carbocycles. The largest absolute Gasteiger partial charge is 0.294 e. The third-order valence-corrected chi connectivity index (χ3v) is 3.92. The van der Waals surface area contributed by atoms with E-state index in [0.717, 1.165) is 13.0 Å². The zero-order valence-electron chi connectivity index (χ0n) is 12.3. The van der Waals surface area contributed by atoms with E-state index >= 15 is 0 Å². The van der Waals surface area contributed by atoms with Gasteiger partial charge in [0.25, 0.3) is 0 Å². The van der Waals surface area contributed by atoms with E-state index in [0.29, 0.717) is 0 Å². The molecule has 1 rings (SSSR count). The first-order chi connectivity index (χ1) is 8.93. The minimum atomic E-state index is 1.10. The molecule has 1 aliphatic carbocycles. The molecule has 18 heavy (non-hydrogen) atoms. The highest BCUT2D eigenvalue weighted by atomic mass is 14.7. The topological polar surface area (TPSA) is 12.4 Å². The normalized spacial score (nSPS) is 15.3. The third kappa shape index (κ3) is 8.72. The summed E-state index contributed by atoms with van der Waals surface area (Å²) in [4.78, 5) is 4.70. The number of unbranched alkanes of at least 4 members (excludes halogenated alkanes) is 9. The van der Waals surface area contributed by atoms with Crippen LogP contribution in [0.1, 0.15) is 89.9 Å². The fourth-order valence-corrected chi connectivity index (χ4v) is 2.70. The molecule has 1 fully saturated rings. The molecule has 0 N–H and O–H groups in total. The van der Waals surface area contributed by atoms with Crippen LogP contribution in [0.2, 0.25) is 0 Å². The van der Waals surface area contributed by atoms with Crippen LogP contribution in [0.15, 0.2) is 4.99 Å². The average molecular weight is 250 g/mol. The maximum absolute atomic E-state index is 4.70. The summed E-state index contributed by atoms with van der Waals surface area (Å²) in [5.74, 6) is 0. The zero-order valence-corrected chi connectivity index (χ0v) is 12.3. The Bertz CT molecular complexity index is 200. The van der Waals surface area contributed by atoms with Crippen molar-refractivity contribution in [3.05, 3.63) is 6.92 Å². The fourth-order valence-electron chi connectivity index (χ4n) is 2.70. The Morgan fingerprint density at radius 1 is 0.722 bits per heavy atom. The first kappa shape index (κ1) is 15.7. The van der Waals surface area contributed by atoms with Crippen LogP contribution in [-0.4, -0.2) is 12.3 Å². The lowest BCUT2D eigenvalue weighted by atomic mass is 10.1. The van der Waals surface area contributed by atoms with E-state index in [4.69, 9.17) is 4.99 Å². The van der Waals surface area contributed by atoms with Crippen molar-refractivity contribution >= 4 is 5.71 Å². The predicted molar refractivity (Wildman–Crippen MR) is 82.3 cm³/mol. The molecule has 1 radical (unpaired) electrons. The van der Waals surface area contributed by atoms with Crippen molar-refractivity contribution in [2.24, 2.45) is 4.99 Å². The van der Waals surface area contributed by atoms with Crippen LogP contribution in [0.3, 0.4) is 0 Å². The number of aliphatic imine (C=N–C) groups is 1. The quantitative estimate of drug-likeness (QED) is 0.415. The highest BCUT2D eigenvalue weighted by Gasteiger charge is 2.06. The van der Waals surface area contributed by atoms with Crippen LogP contribution < -0.4 is 0 Å². The van der Waals surface area contributed by atoms with Gasteiger partial charge >= 0.3 is 0 Å². The minimum absolute atomic E-state index is 1.10. The minimum Gasteiger partial charge on any atom is -0.294 e. The summed E-state index contributed by atoms with van der Waals surface area (Å²) < 4.78 is 0. The number of nitrogens with zero attached hydrogens (tertiary/aromatic N) is 1. The van der Waals surface area contributed by atoms with Gasteiger partial charge in [0.1, 0.15) is 0 Å². The van der Waals surface area contributed by atoms with E-state index < -0.39 is 0 Å². The molecule has 0 bridgehead atoms. The summed E-state index contributed by atoms with van der Waals surface area (Å²) in [7, 11) is 0. The number of hydrogen-bond acceptors (Lipinski definition) is 1. The average Bonchev–Trinajstić information content (AvgIpc) is 2.89. The first-order valence-corrected chi connectivity index (χ1v) is 8.25. The summed E-state index contributed by atoms with van der Waals surface area (Å²) in [6.07, 6.45) is 19.0. The Kier molecular flexibility index (Phi) is 10.3. The lowest BCUT2D eigenvalue weighted by Crippen LogP contribution is -1.92. The maximum atomic E-state index is 4.70. The highest BCUT2D eigenvalue weighted by molar-refractivity contribution is 5.86. The van der Waals surface area contributed by atoms with E-state index in [-0.39, 0.29) is 0 Å². The van der Waals surface area contributed by atoms with Crippen LogP contribution in [0.5, 0.6) is 0 Å². The second kappa shape index (κ2) is 11.7. The van der Waals surface area contributed by atoms with Crippen molar-refractivity contribution in [3.63, 3.8) is 0 Å². The highest BCUT2D eigenvalue weighted by Crippen LogP contribution is 2.15. The Balaban J connectivity index is 1.74. The van der Waals surface area contributed by atoms with Gasteiger partial charge in [-0.25, -0.2) is 0 Å². The van der Waals surface area contributed by atoms with Gasteiger partial charge in [0.2, 0.25) is 0 Å². The SMILES string of the molecule is [CH2]CCCCCCCCCCCN=C1CCCC1. The molecule has 0 aromatic heterocycles. The molecule has 0 heterocycles. The summed E-state index contributed by atoms with van der Waals surface area (Å²) in [6, 6.07) is 0. The summed E-state index contributed by atoms with van der Waals surface area (Å²) >= 11 is 0. The van der Waals surface area contributed by atoms with Crippen LogP contribution in [0, 0.1) is 6.92 Å². The molecule has 0 amide bonds. The molecule has 1 aliphatic rings. The number of rotatable bonds is 11. The predicted octanol–water partition coefficient (Wildman–Crippen LogP) is 5.74. The third-order valence-electron chi connectivity index (χ3n) is 3.92. The maximum Gasteiger partial charge on any atom is 0.0388 e. The molecule has 0 aliphatic heterocycles. The van der Waals surface area contributed by atoms with Crippen LogP contribution >= 0.6 is 0 Å². The Labute approximate surface area is 114 Å². The van der Waals surface area contributed by atoms with Gasteiger partial charge in [0.05, 0.1) is 0 Å². The van der Waals surface area contributed by atoms with Crippen LogP contribution in [-0.2, 0) is 0 Å². The smallest absolute Gasteiger partial charge is 0.0388 e. The molecule has 1 nitrogen and oxygen atoms in total. The van der Waals surface area contributed by atoms with E-state index in [2.05, 4.69) is 6.92 Å². The van der Waals surface area contributed by atoms with Crippen molar-refractivity contribution in [1.82, 2.24) is 0 Å². The lowest BCUT2D eigenvalue weighted by Gasteiger charge is -2.01. The Hall–Kier alpha value is -0.330. The van der Waals surface area contributed by atoms with Crippen molar-refractivity contribution in [3.8, 4) is 0 Å². The standard InChI is InChI=1S/C17H32N/c1-2-3-4-5-6-7-8-9-10-13-16-18-17-14-11-12-15-17/h1-16H2. The van der Waals surface area contributed by atoms with Crippen LogP contribution in [0.4, 0.5) is 0 Å². The van der Waals surface area contributed by atoms with Crippen molar-refractivity contribution < 1.29 is 0 Å². The van der Waals surface area contributed by atoms with Gasteiger partial charge in [0.15, 0.2) is 0 Å². The molecule has 1 heteroatoms. The fraction of sp³-hybridized carbons (Fsp3) is 0.882. The molecular formula is C17H32N. The van der Waals surface area contributed by atoms with Crippen molar-refractivity contribution in [2.45, 2.75) is 89.9 Å². The molecule has 0 saturated heterocycles. The second-order valence-corrected chi connectivity index (χ2v) is 5.69. The van der Waals surface area contributed by atoms with Crippen molar-refractivity contribution in [1.29, 1.82) is 0 Å². The monoisotopic (exact) mass is 250 g/mol. The van der Waals surface area contributed by atoms with E-state index in [9.17, 15) is 0 Å². The van der Waals surface area contributed by atoms with Crippen molar-refractivity contribution in [2.75, 3.05) is 6.54 Å². The molecule has 0 unspecified atom stereocenters. The molecule has 0 atom stereocenters. The van der Waals surface area contributed by atoms with Gasteiger partial charge in [-0.3, -0.25) is 4.99 Å². The molecule has 105 valence electrons. The lowest BCUT2D eigenvalue weighted by molar-refractivity contribution is 0.562. The molecule has 0 aromatic rings. The van der Waals surface area contributed by atoms with Gasteiger partial charge < -0.3 is 0 Å². The summed E-state index contributed by atoms with van der Waals surface area (Å²) in [6.45, 7) is 4.98. The first-order valence-electron chi connectivity index (χ1n) is 8.25. The summed E-state index contributed by atoms with van der Waals surface area (Å²) in [5.41, 5.74) is 1.50. The Morgan fingerprint density at radius 3 is 1.78 bits per heavy atom. The van der Waals surface area contributed by atoms with Gasteiger partial charge in [-0.15, -0.1) is 0 Å². The Morgan fingerprint density at radius 2 is 1.22 bits per heavy atom. The number of hydrogen-bond donors (Lipinski definition) is 0. The second-order valence-electron chi connectivity index (χ2n) is 5.69. The van der Waals surface area contributed by atoms with Gasteiger partial charge in [-0.1, -0.05) is 64.7 Å². The molecule has 0 aromatic carbocycles. The van der Waals surface area contributed by atoms with E-state index in [1.54, 1.807) is 0 Å². The van der Waals surface area contributed by atoms with Gasteiger partial charge in [0, 0.05) is 12.3 Å². The van der Waals surface area contributed by atoms with Gasteiger partial charge in [-0.05, 0) is 32.1 Å². The van der Waals surface area contributed by atoms with E-state index in [1.165, 1.54) is 89.2 Å². The van der Waals surface area contributed by atoms with Crippen LogP contribution in [0.25, 0.3) is 0 Å². The van der Waals surface area contributed by atoms with Gasteiger partial charge in [-0.2, -0.15) is 0 Å². The molecule has 0 spiro atoms. The van der Waals surface area contributed by atoms with E-state index in [1.807, 2.05) is 0 Å².